The molecule has 0 saturated carbocycles. The SMILES string of the molecule is Cn1cc(C#N)c(NC(=O)NC[C@@H]2Cc3ccccc3O2)n1. The van der Waals surface area contributed by atoms with E-state index in [1.165, 1.54) is 4.68 Å². The normalized spacial score (nSPS) is 15.5. The highest BCUT2D eigenvalue weighted by atomic mass is 16.5. The zero-order valence-electron chi connectivity index (χ0n) is 12.0. The fraction of sp³-hybridized carbons (Fsp3) is 0.267. The second-order valence-corrected chi connectivity index (χ2v) is 5.06. The zero-order valence-corrected chi connectivity index (χ0v) is 12.0. The lowest BCUT2D eigenvalue weighted by molar-refractivity contribution is 0.219. The number of hydrogen-bond acceptors (Lipinski definition) is 4. The average molecular weight is 297 g/mol. The standard InChI is InChI=1S/C15H15N5O2/c1-20-9-11(7-16)14(19-20)18-15(21)17-8-12-6-10-4-2-3-5-13(10)22-12/h2-5,9,12H,6,8H2,1H3,(H2,17,18,19,21)/t12-/m0/s1. The van der Waals surface area contributed by atoms with Crippen molar-refractivity contribution in [1.82, 2.24) is 15.1 Å². The van der Waals surface area contributed by atoms with Crippen molar-refractivity contribution in [3.05, 3.63) is 41.6 Å². The number of ether oxygens (including phenoxy) is 1. The second-order valence-electron chi connectivity index (χ2n) is 5.06. The number of benzene rings is 1. The van der Waals surface area contributed by atoms with Crippen LogP contribution in [0.15, 0.2) is 30.5 Å². The number of para-hydroxylation sites is 1. The highest BCUT2D eigenvalue weighted by molar-refractivity contribution is 5.89. The zero-order chi connectivity index (χ0) is 15.5. The van der Waals surface area contributed by atoms with Gasteiger partial charge in [0, 0.05) is 19.7 Å². The lowest BCUT2D eigenvalue weighted by Gasteiger charge is -2.12. The monoisotopic (exact) mass is 297 g/mol. The van der Waals surface area contributed by atoms with Crippen molar-refractivity contribution >= 4 is 11.8 Å². The van der Waals surface area contributed by atoms with E-state index in [2.05, 4.69) is 15.7 Å². The minimum atomic E-state index is -0.408. The summed E-state index contributed by atoms with van der Waals surface area (Å²) in [6, 6.07) is 9.40. The molecule has 1 aliphatic rings. The summed E-state index contributed by atoms with van der Waals surface area (Å²) in [5, 5.41) is 18.3. The summed E-state index contributed by atoms with van der Waals surface area (Å²) >= 11 is 0. The fourth-order valence-corrected chi connectivity index (χ4v) is 2.39. The molecule has 112 valence electrons. The van der Waals surface area contributed by atoms with E-state index in [1.807, 2.05) is 30.3 Å². The molecule has 1 aromatic heterocycles. The van der Waals surface area contributed by atoms with Crippen molar-refractivity contribution in [1.29, 1.82) is 5.26 Å². The van der Waals surface area contributed by atoms with Gasteiger partial charge in [0.2, 0.25) is 0 Å². The Balaban J connectivity index is 1.53. The van der Waals surface area contributed by atoms with Gasteiger partial charge in [-0.25, -0.2) is 4.79 Å². The van der Waals surface area contributed by atoms with Gasteiger partial charge in [-0.15, -0.1) is 0 Å². The van der Waals surface area contributed by atoms with Crippen molar-refractivity contribution in [2.24, 2.45) is 7.05 Å². The number of nitrogens with zero attached hydrogens (tertiary/aromatic N) is 3. The first-order chi connectivity index (χ1) is 10.7. The van der Waals surface area contributed by atoms with Crippen LogP contribution in [0, 0.1) is 11.3 Å². The molecule has 3 rings (SSSR count). The molecule has 0 saturated heterocycles. The molecule has 0 spiro atoms. The number of aromatic nitrogens is 2. The lowest BCUT2D eigenvalue weighted by Crippen LogP contribution is -2.37. The highest BCUT2D eigenvalue weighted by Crippen LogP contribution is 2.27. The molecule has 2 amide bonds. The number of carbonyl (C=O) groups excluding carboxylic acids is 1. The second kappa shape index (κ2) is 5.77. The van der Waals surface area contributed by atoms with Gasteiger partial charge in [0.1, 0.15) is 23.5 Å². The number of fused-ring (bicyclic) bond motifs is 1. The minimum Gasteiger partial charge on any atom is -0.488 e. The van der Waals surface area contributed by atoms with Crippen LogP contribution >= 0.6 is 0 Å². The summed E-state index contributed by atoms with van der Waals surface area (Å²) in [4.78, 5) is 11.9. The van der Waals surface area contributed by atoms with E-state index in [0.717, 1.165) is 17.7 Å². The van der Waals surface area contributed by atoms with Crippen LogP contribution in [0.1, 0.15) is 11.1 Å². The van der Waals surface area contributed by atoms with Gasteiger partial charge in [-0.05, 0) is 11.6 Å². The first-order valence-electron chi connectivity index (χ1n) is 6.89. The molecular formula is C15H15N5O2. The molecule has 2 heterocycles. The first-order valence-corrected chi connectivity index (χ1v) is 6.89. The van der Waals surface area contributed by atoms with E-state index >= 15 is 0 Å². The predicted octanol–water partition coefficient (Wildman–Crippen LogP) is 1.42. The number of hydrogen-bond donors (Lipinski definition) is 2. The van der Waals surface area contributed by atoms with Crippen molar-refractivity contribution in [3.8, 4) is 11.8 Å². The van der Waals surface area contributed by atoms with Crippen LogP contribution < -0.4 is 15.4 Å². The van der Waals surface area contributed by atoms with Crippen LogP contribution in [0.2, 0.25) is 0 Å². The molecule has 0 aliphatic carbocycles. The lowest BCUT2D eigenvalue weighted by atomic mass is 10.1. The largest absolute Gasteiger partial charge is 0.488 e. The van der Waals surface area contributed by atoms with Crippen LogP contribution in [0.3, 0.4) is 0 Å². The quantitative estimate of drug-likeness (QED) is 0.896. The number of rotatable bonds is 3. The summed E-state index contributed by atoms with van der Waals surface area (Å²) in [6.45, 7) is 0.384. The number of nitriles is 1. The highest BCUT2D eigenvalue weighted by Gasteiger charge is 2.22. The maximum absolute atomic E-state index is 11.9. The summed E-state index contributed by atoms with van der Waals surface area (Å²) < 4.78 is 7.22. The third-order valence-electron chi connectivity index (χ3n) is 3.39. The summed E-state index contributed by atoms with van der Waals surface area (Å²) in [5.41, 5.74) is 1.47. The van der Waals surface area contributed by atoms with E-state index in [-0.39, 0.29) is 11.9 Å². The topological polar surface area (TPSA) is 92.0 Å². The Hall–Kier alpha value is -3.01. The number of carbonyl (C=O) groups is 1. The molecule has 1 aromatic carbocycles. The van der Waals surface area contributed by atoms with E-state index in [1.54, 1.807) is 13.2 Å². The number of urea groups is 1. The van der Waals surface area contributed by atoms with Crippen molar-refractivity contribution in [2.45, 2.75) is 12.5 Å². The third kappa shape index (κ3) is 2.86. The van der Waals surface area contributed by atoms with Crippen LogP contribution in [-0.4, -0.2) is 28.5 Å². The van der Waals surface area contributed by atoms with E-state index in [4.69, 9.17) is 10.00 Å². The predicted molar refractivity (Wildman–Crippen MR) is 79.5 cm³/mol. The molecule has 1 aliphatic heterocycles. The van der Waals surface area contributed by atoms with Crippen molar-refractivity contribution < 1.29 is 9.53 Å². The Morgan fingerprint density at radius 3 is 3.14 bits per heavy atom. The van der Waals surface area contributed by atoms with Crippen LogP contribution in [-0.2, 0) is 13.5 Å². The van der Waals surface area contributed by atoms with Crippen LogP contribution in [0.5, 0.6) is 5.75 Å². The van der Waals surface area contributed by atoms with E-state index < -0.39 is 6.03 Å². The molecule has 7 nitrogen and oxygen atoms in total. The summed E-state index contributed by atoms with van der Waals surface area (Å²) in [7, 11) is 1.69. The van der Waals surface area contributed by atoms with Crippen molar-refractivity contribution in [2.75, 3.05) is 11.9 Å². The van der Waals surface area contributed by atoms with Gasteiger partial charge in [-0.1, -0.05) is 18.2 Å². The Bertz CT molecular complexity index is 722. The van der Waals surface area contributed by atoms with Gasteiger partial charge in [-0.2, -0.15) is 10.4 Å². The van der Waals surface area contributed by atoms with Crippen LogP contribution in [0.25, 0.3) is 0 Å². The van der Waals surface area contributed by atoms with Crippen molar-refractivity contribution in [3.63, 3.8) is 0 Å². The molecule has 0 unspecified atom stereocenters. The number of aryl methyl sites for hydroxylation is 1. The molecule has 0 fully saturated rings. The van der Waals surface area contributed by atoms with Gasteiger partial charge < -0.3 is 10.1 Å². The van der Waals surface area contributed by atoms with Gasteiger partial charge >= 0.3 is 6.03 Å². The van der Waals surface area contributed by atoms with Gasteiger partial charge in [0.05, 0.1) is 6.54 Å². The molecule has 0 radical (unpaired) electrons. The van der Waals surface area contributed by atoms with Crippen LogP contribution in [0.4, 0.5) is 10.6 Å². The molecule has 1 atom stereocenters. The molecule has 7 heteroatoms. The molecular weight excluding hydrogens is 282 g/mol. The maximum Gasteiger partial charge on any atom is 0.320 e. The van der Waals surface area contributed by atoms with E-state index in [9.17, 15) is 4.79 Å². The van der Waals surface area contributed by atoms with Gasteiger partial charge in [0.25, 0.3) is 0 Å². The minimum absolute atomic E-state index is 0.0812. The molecule has 2 aromatic rings. The third-order valence-corrected chi connectivity index (χ3v) is 3.39. The molecule has 2 N–H and O–H groups in total. The number of anilines is 1. The Kier molecular flexibility index (Phi) is 3.66. The molecule has 0 bridgehead atoms. The first kappa shape index (κ1) is 13.9. The number of nitrogens with one attached hydrogen (secondary N) is 2. The average Bonchev–Trinajstić information content (AvgIpc) is 3.07. The fourth-order valence-electron chi connectivity index (χ4n) is 2.39. The smallest absolute Gasteiger partial charge is 0.320 e. The summed E-state index contributed by atoms with van der Waals surface area (Å²) in [6.07, 6.45) is 2.23. The Labute approximate surface area is 127 Å². The Morgan fingerprint density at radius 1 is 1.55 bits per heavy atom. The van der Waals surface area contributed by atoms with E-state index in [0.29, 0.717) is 12.1 Å². The van der Waals surface area contributed by atoms with Gasteiger partial charge in [-0.3, -0.25) is 10.00 Å². The molecule has 22 heavy (non-hydrogen) atoms. The Morgan fingerprint density at radius 2 is 2.36 bits per heavy atom. The summed E-state index contributed by atoms with van der Waals surface area (Å²) in [5.74, 6) is 1.12. The number of amides is 2. The maximum atomic E-state index is 11.9. The van der Waals surface area contributed by atoms with Gasteiger partial charge in [0.15, 0.2) is 5.82 Å².